The van der Waals surface area contributed by atoms with Gasteiger partial charge in [0, 0.05) is 10.7 Å². The smallest absolute Gasteiger partial charge is 0.344 e. The predicted octanol–water partition coefficient (Wildman–Crippen LogP) is 3.39. The van der Waals surface area contributed by atoms with Gasteiger partial charge in [-0.05, 0) is 61.4 Å². The fourth-order valence-electron chi connectivity index (χ4n) is 2.27. The molecule has 0 saturated heterocycles. The molecule has 0 radical (unpaired) electrons. The van der Waals surface area contributed by atoms with Crippen LogP contribution in [-0.2, 0) is 14.3 Å². The van der Waals surface area contributed by atoms with E-state index in [1.807, 2.05) is 19.9 Å². The number of nitrogens with one attached hydrogen (secondary N) is 1. The lowest BCUT2D eigenvalue weighted by molar-refractivity contribution is -0.149. The van der Waals surface area contributed by atoms with E-state index in [9.17, 15) is 9.59 Å². The van der Waals surface area contributed by atoms with Gasteiger partial charge in [-0.15, -0.1) is 0 Å². The summed E-state index contributed by atoms with van der Waals surface area (Å²) >= 11 is 5.95. The lowest BCUT2D eigenvalue weighted by Gasteiger charge is -2.12. The Hall–Kier alpha value is -3.04. The van der Waals surface area contributed by atoms with Crippen molar-refractivity contribution >= 4 is 29.2 Å². The van der Waals surface area contributed by atoms with E-state index in [-0.39, 0.29) is 6.61 Å². The van der Waals surface area contributed by atoms with Gasteiger partial charge in [0.25, 0.3) is 5.91 Å². The van der Waals surface area contributed by atoms with Crippen LogP contribution in [0.5, 0.6) is 5.75 Å². The van der Waals surface area contributed by atoms with Crippen LogP contribution in [0.1, 0.15) is 16.7 Å². The second kappa shape index (κ2) is 8.88. The molecule has 2 aromatic carbocycles. The summed E-state index contributed by atoms with van der Waals surface area (Å²) in [5.74, 6) is -0.580. The van der Waals surface area contributed by atoms with E-state index < -0.39 is 18.5 Å². The van der Waals surface area contributed by atoms with Crippen LogP contribution in [-0.4, -0.2) is 25.1 Å². The average Bonchev–Trinajstić information content (AvgIpc) is 2.59. The molecule has 134 valence electrons. The third kappa shape index (κ3) is 5.50. The molecule has 0 aromatic heterocycles. The first kappa shape index (κ1) is 19.3. The first-order chi connectivity index (χ1) is 12.4. The number of rotatable bonds is 6. The van der Waals surface area contributed by atoms with Crippen molar-refractivity contribution in [1.82, 2.24) is 0 Å². The number of carbonyl (C=O) groups excluding carboxylic acids is 2. The van der Waals surface area contributed by atoms with Gasteiger partial charge in [-0.2, -0.15) is 5.26 Å². The van der Waals surface area contributed by atoms with Gasteiger partial charge in [-0.1, -0.05) is 11.6 Å². The van der Waals surface area contributed by atoms with Crippen molar-refractivity contribution in [2.75, 3.05) is 18.5 Å². The zero-order chi connectivity index (χ0) is 19.1. The van der Waals surface area contributed by atoms with Crippen LogP contribution in [0.3, 0.4) is 0 Å². The van der Waals surface area contributed by atoms with Crippen LogP contribution in [0.2, 0.25) is 5.02 Å². The minimum absolute atomic E-state index is 0.312. The summed E-state index contributed by atoms with van der Waals surface area (Å²) in [6.07, 6.45) is 0. The molecule has 0 spiro atoms. The zero-order valence-corrected chi connectivity index (χ0v) is 15.1. The highest BCUT2D eigenvalue weighted by Gasteiger charge is 2.11. The number of nitriles is 1. The van der Waals surface area contributed by atoms with Gasteiger partial charge in [-0.3, -0.25) is 4.79 Å². The third-order valence-corrected chi connectivity index (χ3v) is 3.64. The first-order valence-corrected chi connectivity index (χ1v) is 8.12. The van der Waals surface area contributed by atoms with Crippen molar-refractivity contribution in [1.29, 1.82) is 5.26 Å². The Morgan fingerprint density at radius 1 is 1.12 bits per heavy atom. The van der Waals surface area contributed by atoms with Crippen LogP contribution in [0.4, 0.5) is 5.69 Å². The minimum Gasteiger partial charge on any atom is -0.481 e. The molecule has 0 fully saturated rings. The molecule has 0 aliphatic carbocycles. The van der Waals surface area contributed by atoms with Crippen molar-refractivity contribution in [3.05, 3.63) is 58.1 Å². The second-order valence-corrected chi connectivity index (χ2v) is 5.99. The minimum atomic E-state index is -0.659. The summed E-state index contributed by atoms with van der Waals surface area (Å²) < 4.78 is 10.4. The molecule has 0 unspecified atom stereocenters. The van der Waals surface area contributed by atoms with Crippen LogP contribution in [0.25, 0.3) is 0 Å². The normalized spacial score (nSPS) is 9.92. The van der Waals surface area contributed by atoms with Crippen LogP contribution < -0.4 is 10.1 Å². The molecule has 7 heteroatoms. The second-order valence-electron chi connectivity index (χ2n) is 5.56. The van der Waals surface area contributed by atoms with Crippen molar-refractivity contribution in [2.24, 2.45) is 0 Å². The SMILES string of the molecule is Cc1cc(Cl)cc(C)c1OCC(=O)OCC(=O)Nc1ccc(C#N)cc1. The average molecular weight is 373 g/mol. The maximum absolute atomic E-state index is 11.8. The topological polar surface area (TPSA) is 88.4 Å². The van der Waals surface area contributed by atoms with E-state index in [0.29, 0.717) is 22.0 Å². The molecular weight excluding hydrogens is 356 g/mol. The maximum atomic E-state index is 11.8. The quantitative estimate of drug-likeness (QED) is 0.785. The summed E-state index contributed by atoms with van der Waals surface area (Å²) in [7, 11) is 0. The summed E-state index contributed by atoms with van der Waals surface area (Å²) in [5.41, 5.74) is 2.61. The molecule has 1 N–H and O–H groups in total. The number of nitrogens with zero attached hydrogens (tertiary/aromatic N) is 1. The van der Waals surface area contributed by atoms with Gasteiger partial charge >= 0.3 is 5.97 Å². The highest BCUT2D eigenvalue weighted by molar-refractivity contribution is 6.30. The molecule has 0 aliphatic heterocycles. The highest BCUT2D eigenvalue weighted by Crippen LogP contribution is 2.26. The number of halogens is 1. The monoisotopic (exact) mass is 372 g/mol. The molecule has 0 saturated carbocycles. The number of ether oxygens (including phenoxy) is 2. The molecular formula is C19H17ClN2O4. The van der Waals surface area contributed by atoms with E-state index in [0.717, 1.165) is 11.1 Å². The van der Waals surface area contributed by atoms with Crippen molar-refractivity contribution in [3.8, 4) is 11.8 Å². The van der Waals surface area contributed by atoms with Crippen molar-refractivity contribution < 1.29 is 19.1 Å². The van der Waals surface area contributed by atoms with E-state index in [1.165, 1.54) is 0 Å². The summed E-state index contributed by atoms with van der Waals surface area (Å²) in [4.78, 5) is 23.5. The van der Waals surface area contributed by atoms with Crippen molar-refractivity contribution in [2.45, 2.75) is 13.8 Å². The number of hydrogen-bond acceptors (Lipinski definition) is 5. The van der Waals surface area contributed by atoms with E-state index >= 15 is 0 Å². The Bertz CT molecular complexity index is 834. The standard InChI is InChI=1S/C19H17ClN2O4/c1-12-7-15(20)8-13(2)19(12)26-11-18(24)25-10-17(23)22-16-5-3-14(9-21)4-6-16/h3-8H,10-11H2,1-2H3,(H,22,23). The highest BCUT2D eigenvalue weighted by atomic mass is 35.5. The van der Waals surface area contributed by atoms with Gasteiger partial charge in [0.2, 0.25) is 0 Å². The molecule has 2 aromatic rings. The van der Waals surface area contributed by atoms with Gasteiger partial charge < -0.3 is 14.8 Å². The Morgan fingerprint density at radius 3 is 2.31 bits per heavy atom. The van der Waals surface area contributed by atoms with Gasteiger partial charge in [0.1, 0.15) is 5.75 Å². The maximum Gasteiger partial charge on any atom is 0.344 e. The molecule has 0 atom stereocenters. The van der Waals surface area contributed by atoms with Crippen LogP contribution in [0.15, 0.2) is 36.4 Å². The Morgan fingerprint density at radius 2 is 1.73 bits per heavy atom. The third-order valence-electron chi connectivity index (χ3n) is 3.42. The van der Waals surface area contributed by atoms with Crippen LogP contribution in [0, 0.1) is 25.2 Å². The lowest BCUT2D eigenvalue weighted by atomic mass is 10.1. The number of amides is 1. The molecule has 6 nitrogen and oxygen atoms in total. The van der Waals surface area contributed by atoms with E-state index in [4.69, 9.17) is 26.3 Å². The first-order valence-electron chi connectivity index (χ1n) is 7.74. The molecule has 2 rings (SSSR count). The molecule has 1 amide bonds. The Labute approximate surface area is 156 Å². The lowest BCUT2D eigenvalue weighted by Crippen LogP contribution is -2.23. The molecule has 0 aliphatic rings. The van der Waals surface area contributed by atoms with Gasteiger partial charge in [0.05, 0.1) is 11.6 Å². The predicted molar refractivity (Wildman–Crippen MR) is 97.2 cm³/mol. The summed E-state index contributed by atoms with van der Waals surface area (Å²) in [5, 5.41) is 11.9. The summed E-state index contributed by atoms with van der Waals surface area (Å²) in [6, 6.07) is 11.8. The zero-order valence-electron chi connectivity index (χ0n) is 14.3. The number of esters is 1. The molecule has 0 heterocycles. The van der Waals surface area contributed by atoms with E-state index in [2.05, 4.69) is 5.32 Å². The van der Waals surface area contributed by atoms with Gasteiger partial charge in [-0.25, -0.2) is 4.79 Å². The summed E-state index contributed by atoms with van der Waals surface area (Å²) in [6.45, 7) is 2.91. The van der Waals surface area contributed by atoms with Crippen molar-refractivity contribution in [3.63, 3.8) is 0 Å². The fourth-order valence-corrected chi connectivity index (χ4v) is 2.60. The van der Waals surface area contributed by atoms with Crippen LogP contribution >= 0.6 is 11.6 Å². The van der Waals surface area contributed by atoms with Gasteiger partial charge in [0.15, 0.2) is 13.2 Å². The largest absolute Gasteiger partial charge is 0.481 e. The fraction of sp³-hybridized carbons (Fsp3) is 0.211. The number of carbonyl (C=O) groups is 2. The number of benzene rings is 2. The number of aryl methyl sites for hydroxylation is 2. The molecule has 0 bridgehead atoms. The Kier molecular flexibility index (Phi) is 6.59. The molecule has 26 heavy (non-hydrogen) atoms. The van der Waals surface area contributed by atoms with E-state index in [1.54, 1.807) is 36.4 Å². The number of anilines is 1. The number of hydrogen-bond donors (Lipinski definition) is 1. The Balaban J connectivity index is 1.79.